The van der Waals surface area contributed by atoms with Gasteiger partial charge in [0, 0.05) is 108 Å². The van der Waals surface area contributed by atoms with Crippen LogP contribution in [0.25, 0.3) is 33.2 Å². The van der Waals surface area contributed by atoms with Crippen molar-refractivity contribution < 1.29 is 28.2 Å². The molecule has 0 bridgehead atoms. The van der Waals surface area contributed by atoms with Gasteiger partial charge < -0.3 is 24.6 Å². The number of halogens is 2. The largest absolute Gasteiger partial charge is 0.393 e. The Morgan fingerprint density at radius 2 is 1.65 bits per heavy atom. The van der Waals surface area contributed by atoms with Crippen LogP contribution in [-0.4, -0.2) is 115 Å². The van der Waals surface area contributed by atoms with Gasteiger partial charge in [-0.2, -0.15) is 4.98 Å². The first-order valence-electron chi connectivity index (χ1n) is 22.3. The van der Waals surface area contributed by atoms with Crippen LogP contribution in [0.15, 0.2) is 59.7 Å². The van der Waals surface area contributed by atoms with E-state index < -0.39 is 24.4 Å². The van der Waals surface area contributed by atoms with Crippen molar-refractivity contribution in [3.8, 4) is 11.1 Å². The second kappa shape index (κ2) is 19.6. The van der Waals surface area contributed by atoms with E-state index in [1.807, 2.05) is 18.2 Å². The lowest BCUT2D eigenvalue weighted by molar-refractivity contribution is -0.135. The minimum Gasteiger partial charge on any atom is -0.393 e. The quantitative estimate of drug-likeness (QED) is 0.0772. The van der Waals surface area contributed by atoms with Crippen LogP contribution in [0.2, 0.25) is 0 Å². The molecule has 2 amide bonds. The van der Waals surface area contributed by atoms with E-state index in [1.54, 1.807) is 24.7 Å². The molecule has 5 aromatic rings. The fourth-order valence-corrected chi connectivity index (χ4v) is 9.37. The highest BCUT2D eigenvalue weighted by atomic mass is 19.3. The Hall–Kier alpha value is -5.03. The van der Waals surface area contributed by atoms with Gasteiger partial charge in [0.05, 0.1) is 17.1 Å². The van der Waals surface area contributed by atoms with Crippen molar-refractivity contribution >= 4 is 39.8 Å². The highest BCUT2D eigenvalue weighted by molar-refractivity contribution is 6.00. The number of ether oxygens (including phenoxy) is 1. The molecule has 1 unspecified atom stereocenters. The first-order chi connectivity index (χ1) is 30.0. The molecule has 3 N–H and O–H groups in total. The number of benzene rings is 2. The number of aryl methyl sites for hydroxylation is 2. The van der Waals surface area contributed by atoms with E-state index in [0.717, 1.165) is 117 Å². The number of aromatic nitrogens is 5. The Bertz CT molecular complexity index is 2400. The van der Waals surface area contributed by atoms with Gasteiger partial charge in [-0.05, 0) is 87.1 Å². The third-order valence-corrected chi connectivity index (χ3v) is 12.9. The maximum atomic E-state index is 13.1. The summed E-state index contributed by atoms with van der Waals surface area (Å²) in [5.41, 5.74) is 6.46. The summed E-state index contributed by atoms with van der Waals surface area (Å²) in [5.74, 6) is -0.390. The minimum atomic E-state index is -2.41. The lowest BCUT2D eigenvalue weighted by atomic mass is 9.93. The molecule has 3 fully saturated rings. The summed E-state index contributed by atoms with van der Waals surface area (Å²) in [4.78, 5) is 51.6. The maximum absolute atomic E-state index is 13.1. The van der Waals surface area contributed by atoms with Gasteiger partial charge in [0.15, 0.2) is 0 Å². The predicted molar refractivity (Wildman–Crippen MR) is 234 cm³/mol. The Morgan fingerprint density at radius 1 is 0.919 bits per heavy atom. The second-order valence-electron chi connectivity index (χ2n) is 17.4. The van der Waals surface area contributed by atoms with E-state index in [4.69, 9.17) is 9.72 Å². The van der Waals surface area contributed by atoms with Crippen molar-refractivity contribution in [1.82, 2.24) is 38.8 Å². The summed E-state index contributed by atoms with van der Waals surface area (Å²) in [7, 11) is 1.71. The number of nitrogens with one attached hydrogen (secondary N) is 2. The molecule has 1 aliphatic carbocycles. The SMILES string of the molecule is C[C@@H](CC(F)F)Nc1ncc2c(-c3ccc(CN4CCN(CCCOCCCc5ccc6c(c5)n(C)c(=O)n6C5CCC(=O)NC5=O)CC4)cc3)cn([C@H]3CC[C@H](O)CC3)c2n1. The number of nitrogens with zero attached hydrogens (tertiary/aromatic N) is 7. The van der Waals surface area contributed by atoms with E-state index in [2.05, 4.69) is 60.4 Å². The van der Waals surface area contributed by atoms with E-state index in [-0.39, 0.29) is 36.6 Å². The number of hydrogen-bond donors (Lipinski definition) is 3. The lowest BCUT2D eigenvalue weighted by Gasteiger charge is -2.34. The minimum absolute atomic E-state index is 0.191. The molecule has 2 saturated heterocycles. The number of imide groups is 1. The topological polar surface area (TPSA) is 152 Å². The monoisotopic (exact) mass is 855 g/mol. The summed E-state index contributed by atoms with van der Waals surface area (Å²) in [6.07, 6.45) is 7.33. The van der Waals surface area contributed by atoms with Crippen molar-refractivity contribution in [2.45, 2.75) is 108 Å². The van der Waals surface area contributed by atoms with Crippen LogP contribution in [-0.2, 0) is 34.3 Å². The molecule has 5 heterocycles. The molecule has 14 nitrogen and oxygen atoms in total. The van der Waals surface area contributed by atoms with Crippen LogP contribution >= 0.6 is 0 Å². The molecule has 1 saturated carbocycles. The van der Waals surface area contributed by atoms with Crippen LogP contribution in [0.1, 0.15) is 87.9 Å². The molecule has 2 aliphatic heterocycles. The number of carbonyl (C=O) groups is 2. The van der Waals surface area contributed by atoms with E-state index in [9.17, 15) is 28.3 Å². The van der Waals surface area contributed by atoms with Crippen molar-refractivity contribution in [2.24, 2.45) is 7.05 Å². The summed E-state index contributed by atoms with van der Waals surface area (Å²) in [6.45, 7) is 9.01. The maximum Gasteiger partial charge on any atom is 0.329 e. The third kappa shape index (κ3) is 10.1. The first kappa shape index (κ1) is 43.6. The van der Waals surface area contributed by atoms with Gasteiger partial charge in [0.1, 0.15) is 11.7 Å². The zero-order valence-electron chi connectivity index (χ0n) is 35.8. The number of fused-ring (bicyclic) bond motifs is 2. The number of aliphatic hydroxyl groups excluding tert-OH is 1. The van der Waals surface area contributed by atoms with Crippen LogP contribution in [0.3, 0.4) is 0 Å². The molecule has 2 atom stereocenters. The molecule has 2 aromatic carbocycles. The first-order valence-corrected chi connectivity index (χ1v) is 22.3. The second-order valence-corrected chi connectivity index (χ2v) is 17.4. The van der Waals surface area contributed by atoms with E-state index in [1.165, 1.54) is 10.1 Å². The zero-order valence-corrected chi connectivity index (χ0v) is 35.8. The Balaban J connectivity index is 0.774. The Kier molecular flexibility index (Phi) is 13.8. The fourth-order valence-electron chi connectivity index (χ4n) is 9.37. The van der Waals surface area contributed by atoms with Gasteiger partial charge in [-0.25, -0.2) is 18.6 Å². The number of piperidine rings is 1. The molecule has 16 heteroatoms. The summed E-state index contributed by atoms with van der Waals surface area (Å²) < 4.78 is 37.3. The highest BCUT2D eigenvalue weighted by Gasteiger charge is 2.31. The average Bonchev–Trinajstić information content (AvgIpc) is 3.74. The molecule has 62 heavy (non-hydrogen) atoms. The van der Waals surface area contributed by atoms with Gasteiger partial charge in [-0.1, -0.05) is 30.3 Å². The average molecular weight is 856 g/mol. The number of carbonyl (C=O) groups excluding carboxylic acids is 2. The van der Waals surface area contributed by atoms with Crippen molar-refractivity contribution in [1.29, 1.82) is 0 Å². The smallest absolute Gasteiger partial charge is 0.329 e. The number of hydrogen-bond acceptors (Lipinski definition) is 10. The molecule has 0 spiro atoms. The normalized spacial score (nSPS) is 21.0. The molecular formula is C46H59F2N9O5. The molecule has 332 valence electrons. The summed E-state index contributed by atoms with van der Waals surface area (Å²) in [5, 5.41) is 16.5. The fraction of sp³-hybridized carbons (Fsp3) is 0.543. The number of anilines is 1. The van der Waals surface area contributed by atoms with Crippen molar-refractivity contribution in [2.75, 3.05) is 51.3 Å². The number of rotatable bonds is 17. The lowest BCUT2D eigenvalue weighted by Crippen LogP contribution is -2.46. The van der Waals surface area contributed by atoms with E-state index in [0.29, 0.717) is 31.1 Å². The van der Waals surface area contributed by atoms with Gasteiger partial charge in [0.25, 0.3) is 0 Å². The molecule has 3 aromatic heterocycles. The van der Waals surface area contributed by atoms with Gasteiger partial charge in [-0.15, -0.1) is 0 Å². The van der Waals surface area contributed by atoms with E-state index >= 15 is 0 Å². The predicted octanol–water partition coefficient (Wildman–Crippen LogP) is 5.82. The number of amides is 2. The van der Waals surface area contributed by atoms with Crippen LogP contribution in [0.5, 0.6) is 0 Å². The Labute approximate surface area is 360 Å². The van der Waals surface area contributed by atoms with Gasteiger partial charge in [-0.3, -0.25) is 28.9 Å². The number of aliphatic hydroxyl groups is 1. The number of piperazine rings is 1. The highest BCUT2D eigenvalue weighted by Crippen LogP contribution is 2.37. The summed E-state index contributed by atoms with van der Waals surface area (Å²) in [6, 6.07) is 13.7. The zero-order chi connectivity index (χ0) is 43.3. The number of alkyl halides is 2. The van der Waals surface area contributed by atoms with Gasteiger partial charge >= 0.3 is 5.69 Å². The van der Waals surface area contributed by atoms with Crippen LogP contribution in [0, 0.1) is 0 Å². The molecule has 0 radical (unpaired) electrons. The van der Waals surface area contributed by atoms with Crippen molar-refractivity contribution in [3.63, 3.8) is 0 Å². The van der Waals surface area contributed by atoms with Crippen molar-refractivity contribution in [3.05, 3.63) is 76.5 Å². The summed E-state index contributed by atoms with van der Waals surface area (Å²) >= 11 is 0. The van der Waals surface area contributed by atoms with Crippen LogP contribution < -0.4 is 16.3 Å². The molecule has 3 aliphatic rings. The van der Waals surface area contributed by atoms with Crippen LogP contribution in [0.4, 0.5) is 14.7 Å². The third-order valence-electron chi connectivity index (χ3n) is 12.9. The van der Waals surface area contributed by atoms with Gasteiger partial charge in [0.2, 0.25) is 24.2 Å². The molecular weight excluding hydrogens is 797 g/mol. The standard InChI is InChI=1S/C46H59F2N9O5/c1-30(25-41(47)48)50-45-49-27-36-37(29-56(43(36)52-45)34-11-13-35(58)14-12-34)33-9-6-32(7-10-33)28-55-21-19-54(20-22-55)18-4-24-62-23-3-5-31-8-15-38-40(26-31)53(2)46(61)57(38)39-16-17-42(59)51-44(39)60/h6-10,15,26-27,29-30,34-35,39,41,58H,3-5,11-14,16-25,28H2,1-2H3,(H,49,50,52)(H,51,59,60)/t30-,34-,35-,39?/m0/s1. The Morgan fingerprint density at radius 3 is 2.39 bits per heavy atom. The number of imidazole rings is 1. The molecule has 8 rings (SSSR count).